The van der Waals surface area contributed by atoms with Gasteiger partial charge in [0, 0.05) is 23.1 Å². The molecule has 2 aromatic carbocycles. The fourth-order valence-electron chi connectivity index (χ4n) is 8.10. The highest BCUT2D eigenvalue weighted by Gasteiger charge is 2.75. The summed E-state index contributed by atoms with van der Waals surface area (Å²) in [6.45, 7) is 9.47. The van der Waals surface area contributed by atoms with Gasteiger partial charge in [-0.3, -0.25) is 19.2 Å². The Labute approximate surface area is 302 Å². The number of aliphatic hydroxyl groups excluding tert-OH is 1. The molecule has 2 fully saturated rings. The molecule has 3 amide bonds. The van der Waals surface area contributed by atoms with Crippen molar-refractivity contribution in [3.63, 3.8) is 0 Å². The lowest BCUT2D eigenvalue weighted by molar-refractivity contribution is -0.161. The number of amides is 3. The van der Waals surface area contributed by atoms with Gasteiger partial charge >= 0.3 is 5.97 Å². The molecule has 5 bridgehead atoms. The number of nitrogens with one attached hydrogen (secondary N) is 1. The lowest BCUT2D eigenvalue weighted by Gasteiger charge is -2.39. The van der Waals surface area contributed by atoms with Crippen molar-refractivity contribution in [1.82, 2.24) is 10.2 Å². The summed E-state index contributed by atoms with van der Waals surface area (Å²) >= 11 is 3.63. The minimum absolute atomic E-state index is 0.0980. The van der Waals surface area contributed by atoms with Gasteiger partial charge < -0.3 is 29.7 Å². The molecule has 0 saturated carbocycles. The van der Waals surface area contributed by atoms with E-state index < -0.39 is 59.6 Å². The first kappa shape index (κ1) is 36.0. The maximum Gasteiger partial charge on any atom is 0.313 e. The number of fused-ring (bicyclic) bond motifs is 2. The van der Waals surface area contributed by atoms with Gasteiger partial charge in [-0.05, 0) is 68.4 Å². The number of cyclic esters (lactones) is 1. The highest BCUT2D eigenvalue weighted by atomic mass is 79.9. The summed E-state index contributed by atoms with van der Waals surface area (Å²) in [7, 11) is 0. The van der Waals surface area contributed by atoms with Crippen LogP contribution in [0, 0.1) is 31.6 Å². The molecule has 8 atom stereocenters. The second-order valence-electron chi connectivity index (χ2n) is 14.4. The number of carbonyl (C=O) groups is 4. The predicted octanol–water partition coefficient (Wildman–Crippen LogP) is 5.06. The van der Waals surface area contributed by atoms with E-state index in [1.54, 1.807) is 17.9 Å². The molecule has 0 aliphatic carbocycles. The van der Waals surface area contributed by atoms with Gasteiger partial charge in [0.1, 0.15) is 29.8 Å². The van der Waals surface area contributed by atoms with E-state index in [2.05, 4.69) is 21.2 Å². The Hall–Kier alpha value is -3.80. The zero-order valence-corrected chi connectivity index (χ0v) is 30.8. The van der Waals surface area contributed by atoms with Crippen molar-refractivity contribution in [2.45, 2.75) is 89.8 Å². The van der Waals surface area contributed by atoms with Crippen LogP contribution in [-0.4, -0.2) is 76.7 Å². The third kappa shape index (κ3) is 6.44. The van der Waals surface area contributed by atoms with Gasteiger partial charge in [-0.2, -0.15) is 0 Å². The predicted molar refractivity (Wildman–Crippen MR) is 192 cm³/mol. The maximum atomic E-state index is 15.3. The van der Waals surface area contributed by atoms with E-state index >= 15 is 4.79 Å². The van der Waals surface area contributed by atoms with Gasteiger partial charge in [0.2, 0.25) is 11.8 Å². The molecule has 0 radical (unpaired) electrons. The van der Waals surface area contributed by atoms with Crippen molar-refractivity contribution >= 4 is 45.3 Å². The Morgan fingerprint density at radius 3 is 2.46 bits per heavy atom. The Bertz CT molecular complexity index is 1710. The van der Waals surface area contributed by atoms with E-state index in [4.69, 9.17) is 9.47 Å². The number of allylic oxidation sites excluding steroid dienone is 1. The Morgan fingerprint density at radius 1 is 1.02 bits per heavy atom. The van der Waals surface area contributed by atoms with Crippen LogP contribution in [0.5, 0.6) is 0 Å². The minimum Gasteiger partial charge on any atom is -0.455 e. The molecule has 2 aromatic rings. The number of rotatable bonds is 6. The molecule has 1 spiro atoms. The van der Waals surface area contributed by atoms with Gasteiger partial charge in [0.25, 0.3) is 5.91 Å². The van der Waals surface area contributed by atoms with Gasteiger partial charge in [0.05, 0.1) is 24.6 Å². The van der Waals surface area contributed by atoms with Crippen molar-refractivity contribution in [1.29, 1.82) is 0 Å². The summed E-state index contributed by atoms with van der Waals surface area (Å²) in [5.74, 6) is -3.75. The molecule has 10 nitrogen and oxygen atoms in total. The molecule has 4 aliphatic heterocycles. The number of carbonyl (C=O) groups excluding carboxylic acids is 4. The number of benzene rings is 2. The van der Waals surface area contributed by atoms with Crippen molar-refractivity contribution in [3.05, 3.63) is 87.9 Å². The van der Waals surface area contributed by atoms with Gasteiger partial charge in [0.15, 0.2) is 0 Å². The minimum atomic E-state index is -1.50. The number of anilines is 1. The molecule has 4 heterocycles. The van der Waals surface area contributed by atoms with Gasteiger partial charge in [-0.15, -0.1) is 0 Å². The smallest absolute Gasteiger partial charge is 0.313 e. The summed E-state index contributed by atoms with van der Waals surface area (Å²) in [4.78, 5) is 60.9. The SMILES string of the molecule is Cc1ccc(C)c(N2C/C=C\CCC(=O)N[C@H](C)[C@@H](c3ccccc3)OC(=O)[C@@H]3[C@H]4O[C@@]5(C=C4Br)[C@H](C2=O)N([C@@H](CO)CC(C)C)C(=O)[C@@H]35)c1. The highest BCUT2D eigenvalue weighted by Crippen LogP contribution is 2.59. The van der Waals surface area contributed by atoms with Gasteiger partial charge in [-0.1, -0.05) is 84.4 Å². The highest BCUT2D eigenvalue weighted by molar-refractivity contribution is 9.11. The number of halogens is 1. The van der Waals surface area contributed by atoms with Crippen LogP contribution >= 0.6 is 15.9 Å². The Balaban J connectivity index is 1.52. The molecule has 266 valence electrons. The van der Waals surface area contributed by atoms with E-state index in [0.717, 1.165) is 11.1 Å². The number of ether oxygens (including phenoxy) is 2. The normalized spacial score (nSPS) is 31.4. The van der Waals surface area contributed by atoms with E-state index in [1.165, 1.54) is 4.90 Å². The quantitative estimate of drug-likeness (QED) is 0.313. The molecule has 2 N–H and O–H groups in total. The third-order valence-corrected chi connectivity index (χ3v) is 11.0. The zero-order chi connectivity index (χ0) is 35.9. The topological polar surface area (TPSA) is 125 Å². The summed E-state index contributed by atoms with van der Waals surface area (Å²) in [5, 5.41) is 13.8. The van der Waals surface area contributed by atoms with E-state index in [0.29, 0.717) is 28.6 Å². The third-order valence-electron chi connectivity index (χ3n) is 10.3. The molecule has 6 rings (SSSR count). The number of aryl methyl sites for hydroxylation is 2. The molecular weight excluding hydrogens is 702 g/mol. The van der Waals surface area contributed by atoms with Crippen LogP contribution in [0.4, 0.5) is 5.69 Å². The number of hydrogen-bond donors (Lipinski definition) is 2. The number of nitrogens with zero attached hydrogens (tertiary/aromatic N) is 2. The molecule has 0 unspecified atom stereocenters. The van der Waals surface area contributed by atoms with Crippen molar-refractivity contribution in [2.24, 2.45) is 17.8 Å². The zero-order valence-electron chi connectivity index (χ0n) is 29.2. The van der Waals surface area contributed by atoms with E-state index in [1.807, 2.05) is 88.4 Å². The molecule has 2 saturated heterocycles. The second kappa shape index (κ2) is 14.4. The monoisotopic (exact) mass is 747 g/mol. The standard InChI is InChI=1S/C39H46BrN3O7/c1-22(2)18-27(21-44)43-35-37(47)42(29-19-23(3)15-16-24(29)4)17-11-7-10-14-30(45)41-25(5)33(26-12-8-6-9-13-26)49-38(48)31-32(36(43)46)39(35)20-28(40)34(31)50-39/h6-9,11-13,15-16,19-20,22,25,27,31-35,44H,10,14,17-18,21H2,1-5H3,(H,41,45)/b11-7-/t25-,27-,31+,32-,33+,34+,35+,39-/m1/s1. The lowest BCUT2D eigenvalue weighted by Crippen LogP contribution is -2.59. The second-order valence-corrected chi connectivity index (χ2v) is 15.3. The maximum absolute atomic E-state index is 15.3. The summed E-state index contributed by atoms with van der Waals surface area (Å²) < 4.78 is 13.5. The Morgan fingerprint density at radius 2 is 1.76 bits per heavy atom. The average molecular weight is 749 g/mol. The largest absolute Gasteiger partial charge is 0.455 e. The van der Waals surface area contributed by atoms with Crippen LogP contribution in [0.2, 0.25) is 0 Å². The van der Waals surface area contributed by atoms with E-state index in [-0.39, 0.29) is 37.3 Å². The summed E-state index contributed by atoms with van der Waals surface area (Å²) in [5.41, 5.74) is 1.69. The van der Waals surface area contributed by atoms with Gasteiger partial charge in [-0.25, -0.2) is 0 Å². The van der Waals surface area contributed by atoms with Crippen LogP contribution in [0.1, 0.15) is 62.8 Å². The first-order valence-corrected chi connectivity index (χ1v) is 18.2. The number of aliphatic hydroxyl groups is 1. The molecule has 11 heteroatoms. The van der Waals surface area contributed by atoms with Crippen LogP contribution < -0.4 is 10.2 Å². The number of hydrogen-bond acceptors (Lipinski definition) is 7. The van der Waals surface area contributed by atoms with Crippen molar-refractivity contribution in [2.75, 3.05) is 18.1 Å². The van der Waals surface area contributed by atoms with Crippen LogP contribution in [0.3, 0.4) is 0 Å². The fraction of sp³-hybridized carbons (Fsp3) is 0.487. The first-order chi connectivity index (χ1) is 23.9. The Kier molecular flexibility index (Phi) is 10.4. The lowest BCUT2D eigenvalue weighted by atomic mass is 9.74. The fourth-order valence-corrected chi connectivity index (χ4v) is 8.84. The molecule has 50 heavy (non-hydrogen) atoms. The first-order valence-electron chi connectivity index (χ1n) is 17.5. The number of esters is 1. The van der Waals surface area contributed by atoms with Crippen LogP contribution in [0.25, 0.3) is 0 Å². The van der Waals surface area contributed by atoms with Crippen LogP contribution in [-0.2, 0) is 28.7 Å². The van der Waals surface area contributed by atoms with Crippen LogP contribution in [0.15, 0.2) is 71.2 Å². The number of likely N-dealkylation sites (tertiary alicyclic amines) is 1. The van der Waals surface area contributed by atoms with E-state index in [9.17, 15) is 19.5 Å². The average Bonchev–Trinajstić information content (AvgIpc) is 3.68. The summed E-state index contributed by atoms with van der Waals surface area (Å²) in [6.07, 6.45) is 4.87. The van der Waals surface area contributed by atoms with Crippen molar-refractivity contribution < 1.29 is 33.8 Å². The summed E-state index contributed by atoms with van der Waals surface area (Å²) in [6, 6.07) is 12.6. The van der Waals surface area contributed by atoms with Crippen molar-refractivity contribution in [3.8, 4) is 0 Å². The molecule has 4 aliphatic rings. The molecule has 0 aromatic heterocycles. The molecular formula is C39H46BrN3O7.